The van der Waals surface area contributed by atoms with E-state index in [1.165, 1.54) is 12.1 Å². The number of aldehydes is 1. The van der Waals surface area contributed by atoms with E-state index in [9.17, 15) is 9.18 Å². The Balaban J connectivity index is 0.00000144. The van der Waals surface area contributed by atoms with Crippen LogP contribution in [0.25, 0.3) is 11.1 Å². The highest BCUT2D eigenvalue weighted by molar-refractivity contribution is 5.64. The van der Waals surface area contributed by atoms with Crippen molar-refractivity contribution in [2.75, 3.05) is 0 Å². The topological polar surface area (TPSA) is 17.1 Å². The van der Waals surface area contributed by atoms with Gasteiger partial charge in [0.2, 0.25) is 0 Å². The van der Waals surface area contributed by atoms with Crippen molar-refractivity contribution in [1.29, 1.82) is 0 Å². The zero-order valence-corrected chi connectivity index (χ0v) is 8.69. The van der Waals surface area contributed by atoms with Gasteiger partial charge < -0.3 is 4.79 Å². The molecule has 0 radical (unpaired) electrons. The fourth-order valence-corrected chi connectivity index (χ4v) is 1.60. The number of halogens is 1. The van der Waals surface area contributed by atoms with Crippen LogP contribution in [0.3, 0.4) is 0 Å². The second-order valence-electron chi connectivity index (χ2n) is 3.58. The molecule has 0 amide bonds. The van der Waals surface area contributed by atoms with E-state index >= 15 is 0 Å². The van der Waals surface area contributed by atoms with Crippen LogP contribution in [0.4, 0.5) is 4.39 Å². The van der Waals surface area contributed by atoms with E-state index in [0.717, 1.165) is 23.0 Å². The smallest absolute Gasteiger partial charge is 0.124 e. The van der Waals surface area contributed by atoms with E-state index in [1.807, 2.05) is 30.3 Å². The molecule has 17 heavy (non-hydrogen) atoms. The summed E-state index contributed by atoms with van der Waals surface area (Å²) in [5, 5.41) is 0. The van der Waals surface area contributed by atoms with Crippen LogP contribution in [0.5, 0.6) is 0 Å². The number of benzene rings is 2. The molecule has 2 aromatic carbocycles. The molecule has 1 nitrogen and oxygen atoms in total. The fourth-order valence-electron chi connectivity index (χ4n) is 1.60. The molecule has 0 spiro atoms. The summed E-state index contributed by atoms with van der Waals surface area (Å²) in [6.07, 6.45) is 1.29. The summed E-state index contributed by atoms with van der Waals surface area (Å²) < 4.78 is 13.0. The molecular weight excluding hydrogens is 215 g/mol. The summed E-state index contributed by atoms with van der Waals surface area (Å²) in [4.78, 5) is 10.3. The lowest BCUT2D eigenvalue weighted by molar-refractivity contribution is -0.107. The maximum atomic E-state index is 13.0. The summed E-state index contributed by atoms with van der Waals surface area (Å²) in [5.74, 6) is -0.241. The summed E-state index contributed by atoms with van der Waals surface area (Å²) in [6, 6.07) is 14.0. The van der Waals surface area contributed by atoms with E-state index in [1.54, 1.807) is 6.07 Å². The Hall–Kier alpha value is -1.96. The number of hydrogen-bond acceptors (Lipinski definition) is 1. The van der Waals surface area contributed by atoms with Crippen molar-refractivity contribution in [3.63, 3.8) is 0 Å². The Kier molecular flexibility index (Phi) is 4.58. The van der Waals surface area contributed by atoms with Gasteiger partial charge in [-0.25, -0.2) is 4.39 Å². The van der Waals surface area contributed by atoms with Gasteiger partial charge in [-0.3, -0.25) is 0 Å². The van der Waals surface area contributed by atoms with Gasteiger partial charge in [0, 0.05) is 6.42 Å². The van der Waals surface area contributed by atoms with Crippen molar-refractivity contribution in [2.24, 2.45) is 0 Å². The van der Waals surface area contributed by atoms with E-state index in [0.29, 0.717) is 6.42 Å². The maximum absolute atomic E-state index is 13.0. The zero-order valence-electron chi connectivity index (χ0n) is 8.69. The van der Waals surface area contributed by atoms with Gasteiger partial charge in [-0.15, -0.1) is 0 Å². The normalized spacial score (nSPS) is 9.47. The van der Waals surface area contributed by atoms with Crippen LogP contribution in [-0.2, 0) is 11.2 Å². The van der Waals surface area contributed by atoms with Crippen LogP contribution in [0.2, 0.25) is 0 Å². The molecule has 0 aliphatic carbocycles. The third kappa shape index (κ3) is 3.25. The van der Waals surface area contributed by atoms with E-state index < -0.39 is 0 Å². The Morgan fingerprint density at radius 2 is 1.71 bits per heavy atom. The SMILES string of the molecule is C.O=CCc1ccc(-c2cccc(F)c2)cc1. The number of hydrogen-bond donors (Lipinski definition) is 0. The fraction of sp³-hybridized carbons (Fsp3) is 0.133. The van der Waals surface area contributed by atoms with Crippen molar-refractivity contribution in [3.05, 3.63) is 59.9 Å². The summed E-state index contributed by atoms with van der Waals surface area (Å²) in [7, 11) is 0. The molecule has 0 bridgehead atoms. The van der Waals surface area contributed by atoms with Crippen LogP contribution in [0, 0.1) is 5.82 Å². The van der Waals surface area contributed by atoms with Gasteiger partial charge in [-0.2, -0.15) is 0 Å². The van der Waals surface area contributed by atoms with Gasteiger partial charge in [0.25, 0.3) is 0 Å². The van der Waals surface area contributed by atoms with Crippen molar-refractivity contribution in [1.82, 2.24) is 0 Å². The highest BCUT2D eigenvalue weighted by Crippen LogP contribution is 2.20. The summed E-state index contributed by atoms with van der Waals surface area (Å²) in [6.45, 7) is 0. The van der Waals surface area contributed by atoms with Crippen molar-refractivity contribution < 1.29 is 9.18 Å². The molecule has 0 aromatic heterocycles. The average Bonchev–Trinajstić information content (AvgIpc) is 2.30. The predicted octanol–water partition coefficient (Wildman–Crippen LogP) is 3.87. The Morgan fingerprint density at radius 3 is 2.29 bits per heavy atom. The van der Waals surface area contributed by atoms with Gasteiger partial charge in [0.1, 0.15) is 12.1 Å². The van der Waals surface area contributed by atoms with Crippen molar-refractivity contribution in [3.8, 4) is 11.1 Å². The van der Waals surface area contributed by atoms with E-state index in [4.69, 9.17) is 0 Å². The molecule has 2 aromatic rings. The summed E-state index contributed by atoms with van der Waals surface area (Å²) in [5.41, 5.74) is 2.77. The Labute approximate surface area is 101 Å². The first kappa shape index (κ1) is 13.1. The average molecular weight is 230 g/mol. The van der Waals surface area contributed by atoms with Gasteiger partial charge in [-0.1, -0.05) is 43.8 Å². The minimum absolute atomic E-state index is 0. The first-order valence-corrected chi connectivity index (χ1v) is 5.08. The second kappa shape index (κ2) is 5.94. The molecule has 0 heterocycles. The lowest BCUT2D eigenvalue weighted by atomic mass is 10.0. The second-order valence-corrected chi connectivity index (χ2v) is 3.58. The molecule has 0 aliphatic rings. The highest BCUT2D eigenvalue weighted by atomic mass is 19.1. The van der Waals surface area contributed by atoms with Crippen molar-refractivity contribution >= 4 is 6.29 Å². The molecule has 2 heteroatoms. The minimum Gasteiger partial charge on any atom is -0.303 e. The van der Waals surface area contributed by atoms with Crippen LogP contribution < -0.4 is 0 Å². The van der Waals surface area contributed by atoms with Crippen LogP contribution in [-0.4, -0.2) is 6.29 Å². The van der Waals surface area contributed by atoms with E-state index in [2.05, 4.69) is 0 Å². The Bertz CT molecular complexity index is 489. The highest BCUT2D eigenvalue weighted by Gasteiger charge is 1.99. The minimum atomic E-state index is -0.241. The van der Waals surface area contributed by atoms with Crippen LogP contribution >= 0.6 is 0 Å². The molecular formula is C15H15FO. The van der Waals surface area contributed by atoms with Gasteiger partial charge >= 0.3 is 0 Å². The molecule has 2 rings (SSSR count). The van der Waals surface area contributed by atoms with Crippen LogP contribution in [0.1, 0.15) is 13.0 Å². The molecule has 0 aliphatic heterocycles. The lowest BCUT2D eigenvalue weighted by Gasteiger charge is -2.02. The van der Waals surface area contributed by atoms with Gasteiger partial charge in [-0.05, 0) is 28.8 Å². The predicted molar refractivity (Wildman–Crippen MR) is 68.3 cm³/mol. The number of rotatable bonds is 3. The Morgan fingerprint density at radius 1 is 1.00 bits per heavy atom. The number of carbonyl (C=O) groups excluding carboxylic acids is 1. The largest absolute Gasteiger partial charge is 0.303 e. The third-order valence-corrected chi connectivity index (χ3v) is 2.43. The molecule has 0 fully saturated rings. The van der Waals surface area contributed by atoms with Gasteiger partial charge in [0.15, 0.2) is 0 Å². The van der Waals surface area contributed by atoms with Crippen LogP contribution in [0.15, 0.2) is 48.5 Å². The maximum Gasteiger partial charge on any atom is 0.124 e. The number of carbonyl (C=O) groups is 1. The monoisotopic (exact) mass is 230 g/mol. The standard InChI is InChI=1S/C14H11FO.CH4/c15-14-3-1-2-13(10-14)12-6-4-11(5-7-12)8-9-16;/h1-7,9-10H,8H2;1H4. The first-order chi connectivity index (χ1) is 7.79. The zero-order chi connectivity index (χ0) is 11.4. The molecule has 0 N–H and O–H groups in total. The molecule has 0 unspecified atom stereocenters. The molecule has 88 valence electrons. The molecule has 0 saturated carbocycles. The molecule has 0 atom stereocenters. The van der Waals surface area contributed by atoms with Crippen molar-refractivity contribution in [2.45, 2.75) is 13.8 Å². The summed E-state index contributed by atoms with van der Waals surface area (Å²) >= 11 is 0. The molecule has 0 saturated heterocycles. The van der Waals surface area contributed by atoms with E-state index in [-0.39, 0.29) is 13.2 Å². The first-order valence-electron chi connectivity index (χ1n) is 5.08. The quantitative estimate of drug-likeness (QED) is 0.731. The lowest BCUT2D eigenvalue weighted by Crippen LogP contribution is -1.86. The van der Waals surface area contributed by atoms with Gasteiger partial charge in [0.05, 0.1) is 0 Å². The third-order valence-electron chi connectivity index (χ3n) is 2.43.